The molecule has 2 aromatic rings. The van der Waals surface area contributed by atoms with Gasteiger partial charge < -0.3 is 4.74 Å². The summed E-state index contributed by atoms with van der Waals surface area (Å²) in [5, 5.41) is 4.46. The van der Waals surface area contributed by atoms with E-state index in [9.17, 15) is 0 Å². The molecule has 1 heterocycles. The molecule has 0 aliphatic carbocycles. The molecular formula is C18H21N2O. The maximum absolute atomic E-state index is 5.27. The summed E-state index contributed by atoms with van der Waals surface area (Å²) in [7, 11) is 1.70. The molecule has 0 N–H and O–H groups in total. The predicted octanol–water partition coefficient (Wildman–Crippen LogP) is 2.70. The second-order valence-corrected chi connectivity index (χ2v) is 5.29. The highest BCUT2D eigenvalue weighted by Gasteiger charge is 2.23. The Morgan fingerprint density at radius 2 is 1.52 bits per heavy atom. The number of benzene rings is 2. The van der Waals surface area contributed by atoms with E-state index >= 15 is 0 Å². The molecule has 3 heteroatoms. The molecule has 1 saturated heterocycles. The van der Waals surface area contributed by atoms with Crippen LogP contribution >= 0.6 is 0 Å². The Hall–Kier alpha value is -1.84. The van der Waals surface area contributed by atoms with Crippen LogP contribution in [0.25, 0.3) is 0 Å². The molecule has 0 amide bonds. The van der Waals surface area contributed by atoms with Gasteiger partial charge in [0.15, 0.2) is 0 Å². The van der Waals surface area contributed by atoms with Gasteiger partial charge in [0.1, 0.15) is 5.75 Å². The summed E-state index contributed by atoms with van der Waals surface area (Å²) < 4.78 is 5.27. The summed E-state index contributed by atoms with van der Waals surface area (Å²) in [5.41, 5.74) is 2.65. The van der Waals surface area contributed by atoms with Crippen molar-refractivity contribution in [2.45, 2.75) is 6.04 Å². The van der Waals surface area contributed by atoms with Gasteiger partial charge in [-0.25, -0.2) is 5.32 Å². The van der Waals surface area contributed by atoms with Crippen LogP contribution in [0, 0.1) is 0 Å². The van der Waals surface area contributed by atoms with E-state index in [0.717, 1.165) is 31.9 Å². The number of hydrogen-bond acceptors (Lipinski definition) is 2. The molecule has 21 heavy (non-hydrogen) atoms. The van der Waals surface area contributed by atoms with Crippen LogP contribution in [-0.2, 0) is 0 Å². The number of ether oxygens (including phenoxy) is 1. The average Bonchev–Trinajstić information content (AvgIpc) is 2.58. The third-order valence-corrected chi connectivity index (χ3v) is 4.00. The summed E-state index contributed by atoms with van der Waals surface area (Å²) in [6.45, 7) is 3.90. The highest BCUT2D eigenvalue weighted by Crippen LogP contribution is 2.30. The minimum atomic E-state index is 0.299. The maximum Gasteiger partial charge on any atom is 0.118 e. The van der Waals surface area contributed by atoms with E-state index in [1.807, 2.05) is 12.1 Å². The fourth-order valence-corrected chi connectivity index (χ4v) is 2.92. The Balaban J connectivity index is 1.94. The molecule has 1 radical (unpaired) electrons. The number of piperazine rings is 1. The van der Waals surface area contributed by atoms with Gasteiger partial charge in [-0.05, 0) is 23.3 Å². The number of nitrogens with zero attached hydrogens (tertiary/aromatic N) is 2. The summed E-state index contributed by atoms with van der Waals surface area (Å²) in [6.07, 6.45) is 0. The van der Waals surface area contributed by atoms with Crippen LogP contribution < -0.4 is 10.1 Å². The van der Waals surface area contributed by atoms with E-state index in [0.29, 0.717) is 6.04 Å². The van der Waals surface area contributed by atoms with Crippen molar-refractivity contribution in [2.75, 3.05) is 33.3 Å². The summed E-state index contributed by atoms with van der Waals surface area (Å²) in [5.74, 6) is 0.902. The highest BCUT2D eigenvalue weighted by atomic mass is 16.5. The maximum atomic E-state index is 5.27. The summed E-state index contributed by atoms with van der Waals surface area (Å²) in [4.78, 5) is 2.52. The Morgan fingerprint density at radius 3 is 2.14 bits per heavy atom. The van der Waals surface area contributed by atoms with Gasteiger partial charge in [0.05, 0.1) is 13.2 Å². The fraction of sp³-hybridized carbons (Fsp3) is 0.333. The Bertz CT molecular complexity index is 547. The van der Waals surface area contributed by atoms with Crippen LogP contribution in [0.4, 0.5) is 0 Å². The molecule has 1 aliphatic heterocycles. The average molecular weight is 281 g/mol. The molecule has 2 aromatic carbocycles. The van der Waals surface area contributed by atoms with Crippen LogP contribution in [0.3, 0.4) is 0 Å². The third kappa shape index (κ3) is 3.26. The van der Waals surface area contributed by atoms with Crippen molar-refractivity contribution in [2.24, 2.45) is 0 Å². The summed E-state index contributed by atoms with van der Waals surface area (Å²) in [6, 6.07) is 19.4. The molecular weight excluding hydrogens is 260 g/mol. The molecule has 1 unspecified atom stereocenters. The number of methoxy groups -OCH3 is 1. The monoisotopic (exact) mass is 281 g/mol. The van der Waals surface area contributed by atoms with Crippen molar-refractivity contribution in [3.8, 4) is 5.75 Å². The lowest BCUT2D eigenvalue weighted by Gasteiger charge is -2.35. The first-order chi connectivity index (χ1) is 10.4. The van der Waals surface area contributed by atoms with Gasteiger partial charge >= 0.3 is 0 Å². The van der Waals surface area contributed by atoms with Crippen molar-refractivity contribution in [1.29, 1.82) is 0 Å². The second-order valence-electron chi connectivity index (χ2n) is 5.29. The molecule has 0 spiro atoms. The molecule has 1 fully saturated rings. The molecule has 0 saturated carbocycles. The molecule has 1 atom stereocenters. The predicted molar refractivity (Wildman–Crippen MR) is 84.7 cm³/mol. The second kappa shape index (κ2) is 6.74. The van der Waals surface area contributed by atoms with Crippen molar-refractivity contribution < 1.29 is 4.74 Å². The summed E-state index contributed by atoms with van der Waals surface area (Å²) >= 11 is 0. The van der Waals surface area contributed by atoms with E-state index in [1.54, 1.807) is 7.11 Å². The molecule has 0 aromatic heterocycles. The van der Waals surface area contributed by atoms with E-state index < -0.39 is 0 Å². The third-order valence-electron chi connectivity index (χ3n) is 4.00. The van der Waals surface area contributed by atoms with E-state index in [4.69, 9.17) is 4.74 Å². The highest BCUT2D eigenvalue weighted by molar-refractivity contribution is 5.35. The SMILES string of the molecule is COc1ccc(C(c2ccccc2)N2CC[N]CC2)cc1. The van der Waals surface area contributed by atoms with E-state index in [-0.39, 0.29) is 0 Å². The van der Waals surface area contributed by atoms with Crippen LogP contribution in [0.5, 0.6) is 5.75 Å². The Labute approximate surface area is 126 Å². The first-order valence-electron chi connectivity index (χ1n) is 7.44. The first-order valence-corrected chi connectivity index (χ1v) is 7.44. The Morgan fingerprint density at radius 1 is 0.905 bits per heavy atom. The normalized spacial score (nSPS) is 17.4. The smallest absolute Gasteiger partial charge is 0.118 e. The lowest BCUT2D eigenvalue weighted by Crippen LogP contribution is -2.42. The van der Waals surface area contributed by atoms with Crippen LogP contribution in [0.1, 0.15) is 17.2 Å². The van der Waals surface area contributed by atoms with Crippen molar-refractivity contribution in [3.05, 3.63) is 65.7 Å². The van der Waals surface area contributed by atoms with Crippen LogP contribution in [0.2, 0.25) is 0 Å². The zero-order chi connectivity index (χ0) is 14.5. The molecule has 3 nitrogen and oxygen atoms in total. The van der Waals surface area contributed by atoms with Crippen molar-refractivity contribution >= 4 is 0 Å². The Kier molecular flexibility index (Phi) is 4.53. The standard InChI is InChI=1S/C18H21N2O/c1-21-17-9-7-16(8-10-17)18(15-5-3-2-4-6-15)20-13-11-19-12-14-20/h2-10,18H,11-14H2,1H3. The fourth-order valence-electron chi connectivity index (χ4n) is 2.92. The number of rotatable bonds is 4. The van der Waals surface area contributed by atoms with Gasteiger partial charge in [-0.15, -0.1) is 0 Å². The molecule has 3 rings (SSSR count). The molecule has 109 valence electrons. The van der Waals surface area contributed by atoms with Gasteiger partial charge in [-0.1, -0.05) is 42.5 Å². The quantitative estimate of drug-likeness (QED) is 0.861. The van der Waals surface area contributed by atoms with Gasteiger partial charge in [0.25, 0.3) is 0 Å². The minimum Gasteiger partial charge on any atom is -0.497 e. The lowest BCUT2D eigenvalue weighted by atomic mass is 9.96. The molecule has 0 bridgehead atoms. The molecule has 1 aliphatic rings. The van der Waals surface area contributed by atoms with E-state index in [1.165, 1.54) is 11.1 Å². The first kappa shape index (κ1) is 14.1. The van der Waals surface area contributed by atoms with Crippen LogP contribution in [-0.4, -0.2) is 38.2 Å². The van der Waals surface area contributed by atoms with Gasteiger partial charge in [0, 0.05) is 26.2 Å². The van der Waals surface area contributed by atoms with Gasteiger partial charge in [-0.3, -0.25) is 4.90 Å². The zero-order valence-corrected chi connectivity index (χ0v) is 12.4. The van der Waals surface area contributed by atoms with Crippen molar-refractivity contribution in [1.82, 2.24) is 10.2 Å². The van der Waals surface area contributed by atoms with Crippen molar-refractivity contribution in [3.63, 3.8) is 0 Å². The lowest BCUT2D eigenvalue weighted by molar-refractivity contribution is 0.196. The minimum absolute atomic E-state index is 0.299. The van der Waals surface area contributed by atoms with Crippen LogP contribution in [0.15, 0.2) is 54.6 Å². The zero-order valence-electron chi connectivity index (χ0n) is 12.4. The van der Waals surface area contributed by atoms with E-state index in [2.05, 4.69) is 52.7 Å². The van der Waals surface area contributed by atoms with Gasteiger partial charge in [-0.2, -0.15) is 0 Å². The topological polar surface area (TPSA) is 26.6 Å². The number of hydrogen-bond donors (Lipinski definition) is 0. The largest absolute Gasteiger partial charge is 0.497 e. The van der Waals surface area contributed by atoms with Gasteiger partial charge in [0.2, 0.25) is 0 Å².